The van der Waals surface area contributed by atoms with Gasteiger partial charge in [0, 0.05) is 36.9 Å². The minimum atomic E-state index is -0.418. The number of anilines is 1. The molecule has 1 saturated carbocycles. The van der Waals surface area contributed by atoms with Crippen LogP contribution in [0, 0.1) is 11.8 Å². The number of nitrogens with zero attached hydrogens (tertiary/aromatic N) is 2. The molecule has 4 heteroatoms. The smallest absolute Gasteiger partial charge is 0.237 e. The molecule has 5 rings (SSSR count). The first-order valence-electron chi connectivity index (χ1n) is 10.3. The lowest BCUT2D eigenvalue weighted by molar-refractivity contribution is -0.122. The van der Waals surface area contributed by atoms with Gasteiger partial charge in [-0.05, 0) is 67.3 Å². The molecule has 1 aliphatic carbocycles. The largest absolute Gasteiger partial charge is 0.310 e. The number of benzene rings is 2. The molecule has 146 valence electrons. The lowest BCUT2D eigenvalue weighted by Gasteiger charge is -2.40. The minimum Gasteiger partial charge on any atom is -0.310 e. The standard InChI is InChI=1S/C24H27ClN2O/c1-24(2)21-8-3-4-9-22(21)27(23(24)28)11-10-26-14-17-13-19(20(17)15-26)16-6-5-7-18(25)12-16/h3-9,12,17,19-20H,10-11,13-15H2,1-2H3. The summed E-state index contributed by atoms with van der Waals surface area (Å²) in [6.45, 7) is 8.11. The quantitative estimate of drug-likeness (QED) is 0.750. The Morgan fingerprint density at radius 3 is 2.71 bits per heavy atom. The predicted molar refractivity (Wildman–Crippen MR) is 114 cm³/mol. The Bertz CT molecular complexity index is 924. The third-order valence-electron chi connectivity index (χ3n) is 7.21. The van der Waals surface area contributed by atoms with E-state index in [1.54, 1.807) is 0 Å². The second-order valence-corrected chi connectivity index (χ2v) is 9.62. The van der Waals surface area contributed by atoms with Gasteiger partial charge in [0.25, 0.3) is 0 Å². The van der Waals surface area contributed by atoms with Gasteiger partial charge >= 0.3 is 0 Å². The summed E-state index contributed by atoms with van der Waals surface area (Å²) in [4.78, 5) is 17.6. The number of halogens is 1. The van der Waals surface area contributed by atoms with Crippen LogP contribution in [0.5, 0.6) is 0 Å². The SMILES string of the molecule is CC1(C)C(=O)N(CCN2CC3CC(c4cccc(Cl)c4)C3C2)c2ccccc21. The summed E-state index contributed by atoms with van der Waals surface area (Å²) in [6, 6.07) is 16.6. The predicted octanol–water partition coefficient (Wildman–Crippen LogP) is 4.70. The number of carbonyl (C=O) groups is 1. The second-order valence-electron chi connectivity index (χ2n) is 9.18. The van der Waals surface area contributed by atoms with Crippen LogP contribution >= 0.6 is 11.6 Å². The van der Waals surface area contributed by atoms with Crippen molar-refractivity contribution in [3.8, 4) is 0 Å². The van der Waals surface area contributed by atoms with Crippen LogP contribution in [0.1, 0.15) is 37.3 Å². The average molecular weight is 395 g/mol. The zero-order valence-corrected chi connectivity index (χ0v) is 17.3. The van der Waals surface area contributed by atoms with Crippen molar-refractivity contribution in [2.45, 2.75) is 31.6 Å². The van der Waals surface area contributed by atoms with Crippen molar-refractivity contribution >= 4 is 23.2 Å². The number of rotatable bonds is 4. The zero-order valence-electron chi connectivity index (χ0n) is 16.6. The first-order valence-corrected chi connectivity index (χ1v) is 10.7. The number of carbonyl (C=O) groups excluding carboxylic acids is 1. The maximum Gasteiger partial charge on any atom is 0.237 e. The lowest BCUT2D eigenvalue weighted by Crippen LogP contribution is -2.40. The fraction of sp³-hybridized carbons (Fsp3) is 0.458. The van der Waals surface area contributed by atoms with Crippen LogP contribution in [0.25, 0.3) is 0 Å². The van der Waals surface area contributed by atoms with Gasteiger partial charge in [0.2, 0.25) is 5.91 Å². The van der Waals surface area contributed by atoms with E-state index >= 15 is 0 Å². The molecule has 2 aromatic rings. The Balaban J connectivity index is 1.24. The fourth-order valence-electron chi connectivity index (χ4n) is 5.57. The molecule has 2 aliphatic heterocycles. The maximum atomic E-state index is 13.0. The Hall–Kier alpha value is -1.84. The van der Waals surface area contributed by atoms with E-state index in [4.69, 9.17) is 11.6 Å². The molecule has 3 nitrogen and oxygen atoms in total. The van der Waals surface area contributed by atoms with E-state index in [1.807, 2.05) is 36.9 Å². The summed E-state index contributed by atoms with van der Waals surface area (Å²) in [7, 11) is 0. The molecule has 28 heavy (non-hydrogen) atoms. The third kappa shape index (κ3) is 2.79. The summed E-state index contributed by atoms with van der Waals surface area (Å²) in [5, 5.41) is 0.838. The summed E-state index contributed by atoms with van der Waals surface area (Å²) in [5.74, 6) is 2.40. The number of fused-ring (bicyclic) bond motifs is 2. The van der Waals surface area contributed by atoms with Gasteiger partial charge in [-0.25, -0.2) is 0 Å². The van der Waals surface area contributed by atoms with E-state index in [0.29, 0.717) is 5.92 Å². The second kappa shape index (κ2) is 6.60. The van der Waals surface area contributed by atoms with Crippen molar-refractivity contribution in [3.05, 3.63) is 64.7 Å². The van der Waals surface area contributed by atoms with Gasteiger partial charge in [0.1, 0.15) is 0 Å². The van der Waals surface area contributed by atoms with E-state index in [9.17, 15) is 4.79 Å². The summed E-state index contributed by atoms with van der Waals surface area (Å²) >= 11 is 6.19. The number of hydrogen-bond acceptors (Lipinski definition) is 2. The van der Waals surface area contributed by atoms with E-state index in [0.717, 1.165) is 54.3 Å². The van der Waals surface area contributed by atoms with E-state index in [-0.39, 0.29) is 5.91 Å². The minimum absolute atomic E-state index is 0.229. The molecule has 3 aliphatic rings. The van der Waals surface area contributed by atoms with E-state index in [2.05, 4.69) is 35.2 Å². The summed E-state index contributed by atoms with van der Waals surface area (Å²) in [6.07, 6.45) is 1.26. The average Bonchev–Trinajstić information content (AvgIpc) is 3.07. The van der Waals surface area contributed by atoms with Crippen LogP contribution in [0.3, 0.4) is 0 Å². The summed E-state index contributed by atoms with van der Waals surface area (Å²) in [5.41, 5.74) is 3.22. The highest BCUT2D eigenvalue weighted by atomic mass is 35.5. The zero-order chi connectivity index (χ0) is 19.5. The van der Waals surface area contributed by atoms with Crippen LogP contribution < -0.4 is 4.90 Å². The highest BCUT2D eigenvalue weighted by Gasteiger charge is 2.48. The molecule has 0 aromatic heterocycles. The Labute approximate surface area is 172 Å². The highest BCUT2D eigenvalue weighted by molar-refractivity contribution is 6.30. The van der Waals surface area contributed by atoms with Gasteiger partial charge in [-0.2, -0.15) is 0 Å². The molecular weight excluding hydrogens is 368 g/mol. The monoisotopic (exact) mass is 394 g/mol. The third-order valence-corrected chi connectivity index (χ3v) is 7.44. The Morgan fingerprint density at radius 2 is 1.89 bits per heavy atom. The Morgan fingerprint density at radius 1 is 1.07 bits per heavy atom. The van der Waals surface area contributed by atoms with Crippen molar-refractivity contribution < 1.29 is 4.79 Å². The first kappa shape index (κ1) is 18.2. The Kier molecular flexibility index (Phi) is 4.29. The maximum absolute atomic E-state index is 13.0. The van der Waals surface area contributed by atoms with Gasteiger partial charge in [0.15, 0.2) is 0 Å². The molecule has 0 radical (unpaired) electrons. The van der Waals surface area contributed by atoms with Gasteiger partial charge in [-0.15, -0.1) is 0 Å². The number of hydrogen-bond donors (Lipinski definition) is 0. The molecule has 3 atom stereocenters. The van der Waals surface area contributed by atoms with Crippen LogP contribution in [0.4, 0.5) is 5.69 Å². The van der Waals surface area contributed by atoms with Gasteiger partial charge in [0.05, 0.1) is 5.41 Å². The first-order chi connectivity index (χ1) is 13.4. The van der Waals surface area contributed by atoms with E-state index < -0.39 is 5.41 Å². The number of likely N-dealkylation sites (tertiary alicyclic amines) is 1. The molecule has 2 heterocycles. The molecule has 0 N–H and O–H groups in total. The van der Waals surface area contributed by atoms with Crippen molar-refractivity contribution in [1.82, 2.24) is 4.90 Å². The van der Waals surface area contributed by atoms with E-state index in [1.165, 1.54) is 12.0 Å². The molecule has 1 amide bonds. The van der Waals surface area contributed by atoms with Crippen LogP contribution in [0.15, 0.2) is 48.5 Å². The molecule has 2 fully saturated rings. The molecule has 2 aromatic carbocycles. The van der Waals surface area contributed by atoms with Crippen molar-refractivity contribution in [2.24, 2.45) is 11.8 Å². The molecule has 1 saturated heterocycles. The van der Waals surface area contributed by atoms with Gasteiger partial charge < -0.3 is 9.80 Å². The summed E-state index contributed by atoms with van der Waals surface area (Å²) < 4.78 is 0. The fourth-order valence-corrected chi connectivity index (χ4v) is 5.76. The van der Waals surface area contributed by atoms with Crippen molar-refractivity contribution in [3.63, 3.8) is 0 Å². The molecule has 0 spiro atoms. The molecule has 0 bridgehead atoms. The van der Waals surface area contributed by atoms with Crippen LogP contribution in [-0.4, -0.2) is 37.0 Å². The lowest BCUT2D eigenvalue weighted by atomic mass is 9.64. The molecular formula is C24H27ClN2O. The van der Waals surface area contributed by atoms with Crippen molar-refractivity contribution in [2.75, 3.05) is 31.1 Å². The van der Waals surface area contributed by atoms with Gasteiger partial charge in [-0.1, -0.05) is 41.9 Å². The topological polar surface area (TPSA) is 23.6 Å². The highest BCUT2D eigenvalue weighted by Crippen LogP contribution is 2.51. The van der Waals surface area contributed by atoms with Crippen LogP contribution in [-0.2, 0) is 10.2 Å². The van der Waals surface area contributed by atoms with Crippen molar-refractivity contribution in [1.29, 1.82) is 0 Å². The number of para-hydroxylation sites is 1. The normalized spacial score (nSPS) is 28.2. The molecule has 3 unspecified atom stereocenters. The number of amides is 1. The van der Waals surface area contributed by atoms with Crippen LogP contribution in [0.2, 0.25) is 5.02 Å². The van der Waals surface area contributed by atoms with Gasteiger partial charge in [-0.3, -0.25) is 4.79 Å².